The van der Waals surface area contributed by atoms with E-state index in [2.05, 4.69) is 34.5 Å². The Kier molecular flexibility index (Phi) is 8.62. The van der Waals surface area contributed by atoms with Gasteiger partial charge in [0.25, 0.3) is 0 Å². The Hall–Kier alpha value is -1.60. The molecular weight excluding hydrogens is 304 g/mol. The first kappa shape index (κ1) is 18.7. The van der Waals surface area contributed by atoms with Gasteiger partial charge in [0.2, 0.25) is 0 Å². The van der Waals surface area contributed by atoms with Crippen LogP contribution in [0.3, 0.4) is 0 Å². The van der Waals surface area contributed by atoms with E-state index in [1.54, 1.807) is 0 Å². The normalized spacial score (nSPS) is 17.7. The van der Waals surface area contributed by atoms with Crippen molar-refractivity contribution in [3.8, 4) is 0 Å². The maximum absolute atomic E-state index is 5.40. The predicted molar refractivity (Wildman–Crippen MR) is 97.2 cm³/mol. The van der Waals surface area contributed by atoms with Crippen LogP contribution in [0.15, 0.2) is 23.5 Å². The van der Waals surface area contributed by atoms with Crippen LogP contribution in [0.4, 0.5) is 0 Å². The van der Waals surface area contributed by atoms with Crippen LogP contribution >= 0.6 is 0 Å². The first-order chi connectivity index (χ1) is 11.8. The lowest BCUT2D eigenvalue weighted by molar-refractivity contribution is 0.0323. The summed E-state index contributed by atoms with van der Waals surface area (Å²) in [5.74, 6) is 1.45. The van der Waals surface area contributed by atoms with Crippen LogP contribution in [-0.4, -0.2) is 73.1 Å². The van der Waals surface area contributed by atoms with E-state index in [-0.39, 0.29) is 0 Å². The molecule has 24 heavy (non-hydrogen) atoms. The molecule has 7 heteroatoms. The van der Waals surface area contributed by atoms with Crippen molar-refractivity contribution in [2.75, 3.05) is 52.5 Å². The Bertz CT molecular complexity index is 456. The van der Waals surface area contributed by atoms with E-state index in [1.807, 2.05) is 23.1 Å². The van der Waals surface area contributed by atoms with Crippen LogP contribution in [0.1, 0.15) is 20.3 Å². The number of ether oxygens (including phenoxy) is 1. The minimum absolute atomic E-state index is 0.544. The van der Waals surface area contributed by atoms with Gasteiger partial charge in [-0.05, 0) is 25.3 Å². The zero-order chi connectivity index (χ0) is 17.0. The molecule has 2 heterocycles. The fourth-order valence-corrected chi connectivity index (χ4v) is 2.75. The van der Waals surface area contributed by atoms with Crippen molar-refractivity contribution >= 4 is 5.96 Å². The highest BCUT2D eigenvalue weighted by molar-refractivity contribution is 5.79. The lowest BCUT2D eigenvalue weighted by atomic mass is 10.1. The summed E-state index contributed by atoms with van der Waals surface area (Å²) in [6.45, 7) is 12.8. The van der Waals surface area contributed by atoms with Crippen molar-refractivity contribution in [3.05, 3.63) is 18.5 Å². The fraction of sp³-hybridized carbons (Fsp3) is 0.765. The molecule has 0 amide bonds. The monoisotopic (exact) mass is 336 g/mol. The van der Waals surface area contributed by atoms with E-state index < -0.39 is 0 Å². The average Bonchev–Trinajstić information content (AvgIpc) is 3.11. The molecule has 1 aromatic rings. The second-order valence-corrected chi connectivity index (χ2v) is 6.29. The number of rotatable bonds is 9. The number of nitrogens with zero attached hydrogens (tertiary/aromatic N) is 4. The lowest BCUT2D eigenvalue weighted by Gasteiger charge is -2.28. The Labute approximate surface area is 145 Å². The number of aliphatic imine (C=N–C) groups is 1. The summed E-state index contributed by atoms with van der Waals surface area (Å²) in [4.78, 5) is 7.19. The van der Waals surface area contributed by atoms with Crippen molar-refractivity contribution < 1.29 is 4.74 Å². The van der Waals surface area contributed by atoms with Gasteiger partial charge in [0, 0.05) is 58.2 Å². The molecule has 0 bridgehead atoms. The highest BCUT2D eigenvalue weighted by atomic mass is 16.5. The van der Waals surface area contributed by atoms with Gasteiger partial charge in [0.05, 0.1) is 13.2 Å². The van der Waals surface area contributed by atoms with Gasteiger partial charge < -0.3 is 15.4 Å². The SMILES string of the molecule is CCNC(=NCC(C)CN1CCOCC1)NCCCn1cccn1. The van der Waals surface area contributed by atoms with Crippen LogP contribution in [0.25, 0.3) is 0 Å². The van der Waals surface area contributed by atoms with Crippen LogP contribution in [0.2, 0.25) is 0 Å². The van der Waals surface area contributed by atoms with E-state index in [4.69, 9.17) is 9.73 Å². The maximum atomic E-state index is 5.40. The summed E-state index contributed by atoms with van der Waals surface area (Å²) in [5.41, 5.74) is 0. The van der Waals surface area contributed by atoms with Crippen molar-refractivity contribution in [2.24, 2.45) is 10.9 Å². The highest BCUT2D eigenvalue weighted by Gasteiger charge is 2.13. The van der Waals surface area contributed by atoms with Crippen molar-refractivity contribution in [1.29, 1.82) is 0 Å². The molecule has 2 rings (SSSR count). The van der Waals surface area contributed by atoms with Gasteiger partial charge >= 0.3 is 0 Å². The number of morpholine rings is 1. The molecule has 1 unspecified atom stereocenters. The standard InChI is InChI=1S/C17H32N6O/c1-3-18-17(19-6-4-8-23-9-5-7-21-23)20-14-16(2)15-22-10-12-24-13-11-22/h5,7,9,16H,3-4,6,8,10-15H2,1-2H3,(H2,18,19,20). The van der Waals surface area contributed by atoms with E-state index >= 15 is 0 Å². The molecule has 0 aromatic carbocycles. The third-order valence-electron chi connectivity index (χ3n) is 3.99. The van der Waals surface area contributed by atoms with Crippen LogP contribution < -0.4 is 10.6 Å². The third-order valence-corrected chi connectivity index (χ3v) is 3.99. The fourth-order valence-electron chi connectivity index (χ4n) is 2.75. The number of hydrogen-bond donors (Lipinski definition) is 2. The largest absolute Gasteiger partial charge is 0.379 e. The van der Waals surface area contributed by atoms with E-state index in [1.165, 1.54) is 0 Å². The minimum Gasteiger partial charge on any atom is -0.379 e. The van der Waals surface area contributed by atoms with E-state index in [0.29, 0.717) is 5.92 Å². The third kappa shape index (κ3) is 7.31. The Morgan fingerprint density at radius 1 is 1.33 bits per heavy atom. The van der Waals surface area contributed by atoms with Gasteiger partial charge in [-0.1, -0.05) is 6.92 Å². The van der Waals surface area contributed by atoms with Crippen LogP contribution in [-0.2, 0) is 11.3 Å². The summed E-state index contributed by atoms with van der Waals surface area (Å²) in [7, 11) is 0. The van der Waals surface area contributed by atoms with Gasteiger partial charge in [-0.2, -0.15) is 5.10 Å². The molecule has 1 aliphatic heterocycles. The van der Waals surface area contributed by atoms with Crippen molar-refractivity contribution in [2.45, 2.75) is 26.8 Å². The number of hydrogen-bond acceptors (Lipinski definition) is 4. The Balaban J connectivity index is 1.66. The van der Waals surface area contributed by atoms with Crippen LogP contribution in [0, 0.1) is 5.92 Å². The molecule has 0 spiro atoms. The molecule has 0 aliphatic carbocycles. The molecule has 136 valence electrons. The molecular formula is C17H32N6O. The summed E-state index contributed by atoms with van der Waals surface area (Å²) in [5, 5.41) is 10.9. The summed E-state index contributed by atoms with van der Waals surface area (Å²) >= 11 is 0. The topological polar surface area (TPSA) is 66.7 Å². The van der Waals surface area contributed by atoms with Crippen LogP contribution in [0.5, 0.6) is 0 Å². The zero-order valence-electron chi connectivity index (χ0n) is 15.1. The van der Waals surface area contributed by atoms with Crippen molar-refractivity contribution in [1.82, 2.24) is 25.3 Å². The summed E-state index contributed by atoms with van der Waals surface area (Å²) in [6.07, 6.45) is 4.83. The molecule has 0 radical (unpaired) electrons. The molecule has 0 saturated carbocycles. The first-order valence-corrected chi connectivity index (χ1v) is 9.07. The second-order valence-electron chi connectivity index (χ2n) is 6.29. The Morgan fingerprint density at radius 2 is 2.17 bits per heavy atom. The molecule has 1 aromatic heterocycles. The molecule has 2 N–H and O–H groups in total. The Morgan fingerprint density at radius 3 is 2.88 bits per heavy atom. The lowest BCUT2D eigenvalue weighted by Crippen LogP contribution is -2.40. The van der Waals surface area contributed by atoms with Gasteiger partial charge in [0.15, 0.2) is 5.96 Å². The number of aromatic nitrogens is 2. The summed E-state index contributed by atoms with van der Waals surface area (Å²) in [6, 6.07) is 1.95. The predicted octanol–water partition coefficient (Wildman–Crippen LogP) is 0.797. The van der Waals surface area contributed by atoms with Gasteiger partial charge in [-0.3, -0.25) is 14.6 Å². The molecule has 7 nitrogen and oxygen atoms in total. The number of nitrogens with one attached hydrogen (secondary N) is 2. The molecule has 1 saturated heterocycles. The summed E-state index contributed by atoms with van der Waals surface area (Å²) < 4.78 is 7.35. The molecule has 1 fully saturated rings. The number of guanidine groups is 1. The molecule has 1 aliphatic rings. The first-order valence-electron chi connectivity index (χ1n) is 9.07. The highest BCUT2D eigenvalue weighted by Crippen LogP contribution is 2.03. The van der Waals surface area contributed by atoms with Gasteiger partial charge in [-0.25, -0.2) is 0 Å². The number of aryl methyl sites for hydroxylation is 1. The van der Waals surface area contributed by atoms with E-state index in [0.717, 1.165) is 71.4 Å². The van der Waals surface area contributed by atoms with Gasteiger partial charge in [-0.15, -0.1) is 0 Å². The maximum Gasteiger partial charge on any atom is 0.191 e. The average molecular weight is 336 g/mol. The zero-order valence-corrected chi connectivity index (χ0v) is 15.1. The van der Waals surface area contributed by atoms with Crippen molar-refractivity contribution in [3.63, 3.8) is 0 Å². The second kappa shape index (κ2) is 11.0. The quantitative estimate of drug-likeness (QED) is 0.397. The van der Waals surface area contributed by atoms with E-state index in [9.17, 15) is 0 Å². The van der Waals surface area contributed by atoms with Gasteiger partial charge in [0.1, 0.15) is 0 Å². The molecule has 1 atom stereocenters. The minimum atomic E-state index is 0.544. The smallest absolute Gasteiger partial charge is 0.191 e.